The van der Waals surface area contributed by atoms with Crippen LogP contribution in [0.5, 0.6) is 0 Å². The number of nitrogens with zero attached hydrogens (tertiary/aromatic N) is 4. The smallest absolute Gasteiger partial charge is 0.257 e. The van der Waals surface area contributed by atoms with Gasteiger partial charge in [-0.2, -0.15) is 5.10 Å². The highest BCUT2D eigenvalue weighted by molar-refractivity contribution is 5.97. The lowest BCUT2D eigenvalue weighted by molar-refractivity contribution is -0.117. The highest BCUT2D eigenvalue weighted by atomic mass is 19.1. The molecule has 7 nitrogen and oxygen atoms in total. The van der Waals surface area contributed by atoms with E-state index >= 15 is 0 Å². The molecule has 0 bridgehead atoms. The summed E-state index contributed by atoms with van der Waals surface area (Å²) in [5.74, 6) is -0.439. The number of carbonyl (C=O) groups excluding carboxylic acids is 2. The Bertz CT molecular complexity index is 1210. The molecule has 0 unspecified atom stereocenters. The summed E-state index contributed by atoms with van der Waals surface area (Å²) in [5, 5.41) is 7.52. The van der Waals surface area contributed by atoms with Crippen molar-refractivity contribution in [2.24, 2.45) is 0 Å². The molecule has 1 saturated heterocycles. The largest absolute Gasteiger partial charge is 0.336 e. The molecule has 2 aromatic carbocycles. The summed E-state index contributed by atoms with van der Waals surface area (Å²) in [6.45, 7) is 10.3. The molecule has 1 N–H and O–H groups in total. The van der Waals surface area contributed by atoms with E-state index in [1.165, 1.54) is 12.1 Å². The van der Waals surface area contributed by atoms with Crippen molar-refractivity contribution in [3.05, 3.63) is 76.4 Å². The van der Waals surface area contributed by atoms with Crippen molar-refractivity contribution in [2.45, 2.75) is 27.7 Å². The Hall–Kier alpha value is -3.52. The molecule has 1 fully saturated rings. The summed E-state index contributed by atoms with van der Waals surface area (Å²) < 4.78 is 15.0. The first-order chi connectivity index (χ1) is 16.2. The minimum atomic E-state index is -0.317. The third-order valence-electron chi connectivity index (χ3n) is 6.48. The number of piperazine rings is 1. The Morgan fingerprint density at radius 3 is 2.32 bits per heavy atom. The second kappa shape index (κ2) is 9.77. The molecule has 0 saturated carbocycles. The van der Waals surface area contributed by atoms with E-state index in [-0.39, 0.29) is 24.2 Å². The van der Waals surface area contributed by atoms with E-state index in [9.17, 15) is 14.0 Å². The molecule has 1 aromatic heterocycles. The molecule has 2 heterocycles. The van der Waals surface area contributed by atoms with Gasteiger partial charge < -0.3 is 10.2 Å². The second-order valence-corrected chi connectivity index (χ2v) is 8.80. The van der Waals surface area contributed by atoms with Gasteiger partial charge >= 0.3 is 0 Å². The van der Waals surface area contributed by atoms with Crippen molar-refractivity contribution < 1.29 is 14.0 Å². The number of hydrogen-bond acceptors (Lipinski definition) is 4. The van der Waals surface area contributed by atoms with Crippen molar-refractivity contribution in [2.75, 3.05) is 38.0 Å². The zero-order valence-electron chi connectivity index (χ0n) is 20.1. The summed E-state index contributed by atoms with van der Waals surface area (Å²) in [5.41, 5.74) is 5.69. The number of carbonyl (C=O) groups is 2. The molecule has 8 heteroatoms. The zero-order chi connectivity index (χ0) is 24.4. The third kappa shape index (κ3) is 4.87. The average Bonchev–Trinajstić information content (AvgIpc) is 3.11. The molecule has 4 rings (SSSR count). The van der Waals surface area contributed by atoms with Crippen LogP contribution in [0.3, 0.4) is 0 Å². The van der Waals surface area contributed by atoms with Gasteiger partial charge in [-0.25, -0.2) is 9.07 Å². The topological polar surface area (TPSA) is 70.5 Å². The molecule has 178 valence electrons. The van der Waals surface area contributed by atoms with Gasteiger partial charge in [0, 0.05) is 31.9 Å². The monoisotopic (exact) mass is 463 g/mol. The molecule has 0 radical (unpaired) electrons. The highest BCUT2D eigenvalue weighted by Crippen LogP contribution is 2.21. The van der Waals surface area contributed by atoms with Gasteiger partial charge in [-0.1, -0.05) is 12.1 Å². The maximum absolute atomic E-state index is 13.3. The lowest BCUT2D eigenvalue weighted by atomic mass is 10.1. The molecule has 2 amide bonds. The Balaban J connectivity index is 1.37. The first-order valence-corrected chi connectivity index (χ1v) is 11.4. The van der Waals surface area contributed by atoms with Crippen LogP contribution in [-0.4, -0.2) is 64.1 Å². The third-order valence-corrected chi connectivity index (χ3v) is 6.48. The predicted molar refractivity (Wildman–Crippen MR) is 130 cm³/mol. The number of amides is 2. The molecule has 34 heavy (non-hydrogen) atoms. The van der Waals surface area contributed by atoms with E-state index in [1.54, 1.807) is 16.8 Å². The number of aromatic nitrogens is 2. The maximum Gasteiger partial charge on any atom is 0.257 e. The van der Waals surface area contributed by atoms with Crippen molar-refractivity contribution in [3.8, 4) is 5.69 Å². The summed E-state index contributed by atoms with van der Waals surface area (Å²) in [4.78, 5) is 29.7. The van der Waals surface area contributed by atoms with Gasteiger partial charge in [0.15, 0.2) is 0 Å². The summed E-state index contributed by atoms with van der Waals surface area (Å²) in [6, 6.07) is 11.9. The van der Waals surface area contributed by atoms with Crippen LogP contribution in [0.1, 0.15) is 32.9 Å². The van der Waals surface area contributed by atoms with E-state index in [0.29, 0.717) is 43.1 Å². The van der Waals surface area contributed by atoms with E-state index < -0.39 is 0 Å². The van der Waals surface area contributed by atoms with Gasteiger partial charge in [0.2, 0.25) is 5.91 Å². The van der Waals surface area contributed by atoms with E-state index in [4.69, 9.17) is 0 Å². The zero-order valence-corrected chi connectivity index (χ0v) is 20.1. The first kappa shape index (κ1) is 23.6. The van der Waals surface area contributed by atoms with Crippen LogP contribution in [0.2, 0.25) is 0 Å². The Morgan fingerprint density at radius 2 is 1.65 bits per heavy atom. The lowest BCUT2D eigenvalue weighted by Crippen LogP contribution is -2.50. The Kier molecular flexibility index (Phi) is 6.79. The number of anilines is 1. The molecular weight excluding hydrogens is 433 g/mol. The molecule has 3 aromatic rings. The number of aryl methyl sites for hydroxylation is 2. The fourth-order valence-electron chi connectivity index (χ4n) is 4.33. The number of benzene rings is 2. The van der Waals surface area contributed by atoms with Crippen molar-refractivity contribution in [1.82, 2.24) is 19.6 Å². The van der Waals surface area contributed by atoms with Crippen LogP contribution in [-0.2, 0) is 4.79 Å². The lowest BCUT2D eigenvalue weighted by Gasteiger charge is -2.34. The molecule has 0 aliphatic carbocycles. The fourth-order valence-corrected chi connectivity index (χ4v) is 4.33. The SMILES string of the molecule is Cc1cccc(NC(=O)CN2CCN(C(=O)c3c(C)nn(-c4ccc(F)cc4)c3C)CC2)c1C. The van der Waals surface area contributed by atoms with Crippen LogP contribution in [0.15, 0.2) is 42.5 Å². The van der Waals surface area contributed by atoms with Crippen molar-refractivity contribution in [3.63, 3.8) is 0 Å². The fraction of sp³-hybridized carbons (Fsp3) is 0.346. The van der Waals surface area contributed by atoms with Crippen molar-refractivity contribution >= 4 is 17.5 Å². The second-order valence-electron chi connectivity index (χ2n) is 8.80. The molecule has 0 spiro atoms. The number of halogens is 1. The summed E-state index contributed by atoms with van der Waals surface area (Å²) in [7, 11) is 0. The van der Waals surface area contributed by atoms with Gasteiger partial charge in [0.1, 0.15) is 5.82 Å². The minimum Gasteiger partial charge on any atom is -0.336 e. The van der Waals surface area contributed by atoms with Crippen LogP contribution in [0.25, 0.3) is 5.69 Å². The predicted octanol–water partition coefficient (Wildman–Crippen LogP) is 3.64. The van der Waals surface area contributed by atoms with Crippen LogP contribution in [0.4, 0.5) is 10.1 Å². The van der Waals surface area contributed by atoms with Gasteiger partial charge in [0.05, 0.1) is 29.2 Å². The van der Waals surface area contributed by atoms with E-state index in [1.807, 2.05) is 50.8 Å². The van der Waals surface area contributed by atoms with Crippen LogP contribution in [0, 0.1) is 33.5 Å². The number of hydrogen-bond donors (Lipinski definition) is 1. The molecule has 0 atom stereocenters. The highest BCUT2D eigenvalue weighted by Gasteiger charge is 2.28. The van der Waals surface area contributed by atoms with Gasteiger partial charge in [-0.3, -0.25) is 14.5 Å². The average molecular weight is 464 g/mol. The van der Waals surface area contributed by atoms with Gasteiger partial charge in [0.25, 0.3) is 5.91 Å². The van der Waals surface area contributed by atoms with Crippen LogP contribution >= 0.6 is 0 Å². The van der Waals surface area contributed by atoms with E-state index in [0.717, 1.165) is 22.5 Å². The minimum absolute atomic E-state index is 0.0549. The standard InChI is InChI=1S/C26H30FN5O2/c1-17-6-5-7-23(18(17)2)28-24(33)16-30-12-14-31(15-13-30)26(34)25-19(3)29-32(20(25)4)22-10-8-21(27)9-11-22/h5-11H,12-16H2,1-4H3,(H,28,33). The number of rotatable bonds is 5. The quantitative estimate of drug-likeness (QED) is 0.627. The van der Waals surface area contributed by atoms with Gasteiger partial charge in [-0.05, 0) is 69.2 Å². The molecular formula is C26H30FN5O2. The summed E-state index contributed by atoms with van der Waals surface area (Å²) >= 11 is 0. The van der Waals surface area contributed by atoms with Crippen molar-refractivity contribution in [1.29, 1.82) is 0 Å². The normalized spacial score (nSPS) is 14.3. The Labute approximate surface area is 199 Å². The van der Waals surface area contributed by atoms with Crippen LogP contribution < -0.4 is 5.32 Å². The Morgan fingerprint density at radius 1 is 0.971 bits per heavy atom. The molecule has 1 aliphatic heterocycles. The number of nitrogens with one attached hydrogen (secondary N) is 1. The maximum atomic E-state index is 13.3. The van der Waals surface area contributed by atoms with Gasteiger partial charge in [-0.15, -0.1) is 0 Å². The molecule has 1 aliphatic rings. The first-order valence-electron chi connectivity index (χ1n) is 11.4. The summed E-state index contributed by atoms with van der Waals surface area (Å²) in [6.07, 6.45) is 0. The van der Waals surface area contributed by atoms with E-state index in [2.05, 4.69) is 15.3 Å².